The minimum absolute atomic E-state index is 0.432. The van der Waals surface area contributed by atoms with Gasteiger partial charge in [-0.05, 0) is 50.8 Å². The zero-order valence-electron chi connectivity index (χ0n) is 15.2. The highest BCUT2D eigenvalue weighted by Crippen LogP contribution is 2.22. The number of nitrogens with zero attached hydrogens (tertiary/aromatic N) is 3. The number of aromatic nitrogens is 1. The van der Waals surface area contributed by atoms with E-state index in [-0.39, 0.29) is 0 Å². The Balaban J connectivity index is 1.30. The summed E-state index contributed by atoms with van der Waals surface area (Å²) in [5.74, 6) is 0.926. The van der Waals surface area contributed by atoms with Crippen LogP contribution in [0, 0.1) is 5.92 Å². The Morgan fingerprint density at radius 1 is 1.12 bits per heavy atom. The number of hydrogen-bond acceptors (Lipinski definition) is 4. The molecule has 2 aliphatic heterocycles. The molecule has 0 amide bonds. The fraction of sp³-hybridized carbons (Fsp3) is 0.750. The molecule has 0 bridgehead atoms. The fourth-order valence-corrected chi connectivity index (χ4v) is 3.99. The zero-order chi connectivity index (χ0) is 16.6. The molecule has 1 aromatic heterocycles. The molecule has 0 aromatic carbocycles. The first kappa shape index (κ1) is 17.8. The van der Waals surface area contributed by atoms with Gasteiger partial charge in [0.2, 0.25) is 0 Å². The third-order valence-electron chi connectivity index (χ3n) is 5.75. The average Bonchev–Trinajstić information content (AvgIpc) is 2.67. The van der Waals surface area contributed by atoms with Crippen molar-refractivity contribution in [3.05, 3.63) is 30.1 Å². The minimum Gasteiger partial charge on any atom is -0.381 e. The lowest BCUT2D eigenvalue weighted by atomic mass is 9.94. The molecule has 0 radical (unpaired) electrons. The summed E-state index contributed by atoms with van der Waals surface area (Å²) in [4.78, 5) is 9.73. The lowest BCUT2D eigenvalue weighted by Crippen LogP contribution is -2.47. The van der Waals surface area contributed by atoms with Crippen LogP contribution in [0.25, 0.3) is 0 Å². The van der Waals surface area contributed by atoms with E-state index in [9.17, 15) is 0 Å². The van der Waals surface area contributed by atoms with Gasteiger partial charge in [-0.15, -0.1) is 0 Å². The summed E-state index contributed by atoms with van der Waals surface area (Å²) < 4.78 is 5.45. The standard InChI is InChI=1S/C20H33N3O/c1-18(20-7-2-4-10-21-20)23-14-12-22(13-15-23)11-5-3-6-19-8-16-24-17-9-19/h2,4,7,10,18-19H,3,5-6,8-9,11-17H2,1H3/t18-/m0/s1. The van der Waals surface area contributed by atoms with Crippen molar-refractivity contribution < 1.29 is 4.74 Å². The smallest absolute Gasteiger partial charge is 0.0572 e. The average molecular weight is 332 g/mol. The monoisotopic (exact) mass is 331 g/mol. The molecule has 2 saturated heterocycles. The molecule has 2 aliphatic rings. The van der Waals surface area contributed by atoms with E-state index in [0.29, 0.717) is 6.04 Å². The quantitative estimate of drug-likeness (QED) is 0.716. The summed E-state index contributed by atoms with van der Waals surface area (Å²) in [6, 6.07) is 6.66. The molecule has 1 atom stereocenters. The van der Waals surface area contributed by atoms with Gasteiger partial charge in [0.15, 0.2) is 0 Å². The van der Waals surface area contributed by atoms with E-state index in [2.05, 4.69) is 33.8 Å². The van der Waals surface area contributed by atoms with Crippen LogP contribution in [-0.4, -0.2) is 60.7 Å². The van der Waals surface area contributed by atoms with E-state index < -0.39 is 0 Å². The second kappa shape index (κ2) is 9.50. The van der Waals surface area contributed by atoms with Gasteiger partial charge in [-0.1, -0.05) is 18.9 Å². The van der Waals surface area contributed by atoms with Gasteiger partial charge in [-0.3, -0.25) is 9.88 Å². The molecule has 0 N–H and O–H groups in total. The van der Waals surface area contributed by atoms with Crippen LogP contribution >= 0.6 is 0 Å². The van der Waals surface area contributed by atoms with Crippen LogP contribution in [0.3, 0.4) is 0 Å². The Kier molecular flexibility index (Phi) is 7.06. The molecule has 2 fully saturated rings. The van der Waals surface area contributed by atoms with Gasteiger partial charge in [-0.2, -0.15) is 0 Å². The predicted octanol–water partition coefficient (Wildman–Crippen LogP) is 3.36. The summed E-state index contributed by atoms with van der Waals surface area (Å²) in [7, 11) is 0. The number of piperazine rings is 1. The fourth-order valence-electron chi connectivity index (χ4n) is 3.99. The van der Waals surface area contributed by atoms with Crippen molar-refractivity contribution in [3.63, 3.8) is 0 Å². The van der Waals surface area contributed by atoms with Crippen molar-refractivity contribution in [3.8, 4) is 0 Å². The van der Waals surface area contributed by atoms with Gasteiger partial charge in [0.05, 0.1) is 5.69 Å². The summed E-state index contributed by atoms with van der Waals surface area (Å²) in [6.07, 6.45) is 8.61. The van der Waals surface area contributed by atoms with Gasteiger partial charge >= 0.3 is 0 Å². The maximum Gasteiger partial charge on any atom is 0.0572 e. The summed E-state index contributed by atoms with van der Waals surface area (Å²) >= 11 is 0. The number of hydrogen-bond donors (Lipinski definition) is 0. The van der Waals surface area contributed by atoms with Crippen molar-refractivity contribution >= 4 is 0 Å². The molecule has 1 aromatic rings. The van der Waals surface area contributed by atoms with Crippen LogP contribution in [0.4, 0.5) is 0 Å². The minimum atomic E-state index is 0.432. The van der Waals surface area contributed by atoms with E-state index in [0.717, 1.165) is 32.2 Å². The third-order valence-corrected chi connectivity index (χ3v) is 5.75. The third kappa shape index (κ3) is 5.27. The van der Waals surface area contributed by atoms with Gasteiger partial charge in [-0.25, -0.2) is 0 Å². The predicted molar refractivity (Wildman–Crippen MR) is 98.1 cm³/mol. The molecule has 0 unspecified atom stereocenters. The lowest BCUT2D eigenvalue weighted by molar-refractivity contribution is 0.0622. The van der Waals surface area contributed by atoms with Crippen molar-refractivity contribution in [2.24, 2.45) is 5.92 Å². The van der Waals surface area contributed by atoms with Crippen LogP contribution in [0.2, 0.25) is 0 Å². The van der Waals surface area contributed by atoms with E-state index in [4.69, 9.17) is 4.74 Å². The lowest BCUT2D eigenvalue weighted by Gasteiger charge is -2.38. The number of rotatable bonds is 7. The highest BCUT2D eigenvalue weighted by Gasteiger charge is 2.22. The molecule has 3 heterocycles. The highest BCUT2D eigenvalue weighted by molar-refractivity contribution is 5.08. The van der Waals surface area contributed by atoms with Crippen molar-refractivity contribution in [2.45, 2.75) is 45.1 Å². The molecule has 24 heavy (non-hydrogen) atoms. The molecule has 0 aliphatic carbocycles. The van der Waals surface area contributed by atoms with Crippen LogP contribution in [-0.2, 0) is 4.74 Å². The molecular formula is C20H33N3O. The van der Waals surface area contributed by atoms with Crippen molar-refractivity contribution in [2.75, 3.05) is 45.9 Å². The Morgan fingerprint density at radius 2 is 1.92 bits per heavy atom. The summed E-state index contributed by atoms with van der Waals surface area (Å²) in [5.41, 5.74) is 1.20. The Hall–Kier alpha value is -0.970. The molecule has 4 nitrogen and oxygen atoms in total. The van der Waals surface area contributed by atoms with E-state index >= 15 is 0 Å². The molecule has 0 saturated carbocycles. The van der Waals surface area contributed by atoms with Gasteiger partial charge < -0.3 is 9.64 Å². The van der Waals surface area contributed by atoms with Crippen LogP contribution in [0.5, 0.6) is 0 Å². The normalized spacial score (nSPS) is 22.5. The SMILES string of the molecule is C[C@@H](c1ccccn1)N1CCN(CCCCC2CCOCC2)CC1. The molecule has 4 heteroatoms. The van der Waals surface area contributed by atoms with Crippen LogP contribution < -0.4 is 0 Å². The molecular weight excluding hydrogens is 298 g/mol. The zero-order valence-corrected chi connectivity index (χ0v) is 15.2. The maximum atomic E-state index is 5.45. The second-order valence-electron chi connectivity index (χ2n) is 7.36. The summed E-state index contributed by atoms with van der Waals surface area (Å²) in [5, 5.41) is 0. The summed E-state index contributed by atoms with van der Waals surface area (Å²) in [6.45, 7) is 10.3. The van der Waals surface area contributed by atoms with E-state index in [1.165, 1.54) is 57.4 Å². The van der Waals surface area contributed by atoms with Gasteiger partial charge in [0.25, 0.3) is 0 Å². The molecule has 0 spiro atoms. The van der Waals surface area contributed by atoms with Crippen LogP contribution in [0.1, 0.15) is 50.8 Å². The van der Waals surface area contributed by atoms with Crippen molar-refractivity contribution in [1.82, 2.24) is 14.8 Å². The molecule has 134 valence electrons. The highest BCUT2D eigenvalue weighted by atomic mass is 16.5. The van der Waals surface area contributed by atoms with Crippen LogP contribution in [0.15, 0.2) is 24.4 Å². The Labute approximate surface area is 147 Å². The first-order valence-electron chi connectivity index (χ1n) is 9.78. The Bertz CT molecular complexity index is 453. The molecule has 3 rings (SSSR count). The van der Waals surface area contributed by atoms with Gasteiger partial charge in [0.1, 0.15) is 0 Å². The first-order chi connectivity index (χ1) is 11.8. The maximum absolute atomic E-state index is 5.45. The van der Waals surface area contributed by atoms with Crippen molar-refractivity contribution in [1.29, 1.82) is 0 Å². The van der Waals surface area contributed by atoms with Gasteiger partial charge in [0, 0.05) is 51.6 Å². The number of pyridine rings is 1. The second-order valence-corrected chi connectivity index (χ2v) is 7.36. The van der Waals surface area contributed by atoms with E-state index in [1.807, 2.05) is 12.3 Å². The number of ether oxygens (including phenoxy) is 1. The first-order valence-corrected chi connectivity index (χ1v) is 9.78. The van der Waals surface area contributed by atoms with E-state index in [1.54, 1.807) is 0 Å². The Morgan fingerprint density at radius 3 is 2.62 bits per heavy atom. The largest absolute Gasteiger partial charge is 0.381 e. The number of unbranched alkanes of at least 4 members (excludes halogenated alkanes) is 1. The topological polar surface area (TPSA) is 28.6 Å².